The van der Waals surface area contributed by atoms with Crippen molar-refractivity contribution in [1.29, 1.82) is 0 Å². The first-order valence-corrected chi connectivity index (χ1v) is 6.84. The van der Waals surface area contributed by atoms with Crippen LogP contribution >= 0.6 is 0 Å². The molecule has 1 atom stereocenters. The molecule has 0 aromatic rings. The summed E-state index contributed by atoms with van der Waals surface area (Å²) in [7, 11) is 0. The molecule has 1 amide bonds. The fourth-order valence-electron chi connectivity index (χ4n) is 2.56. The van der Waals surface area contributed by atoms with E-state index in [2.05, 4.69) is 33.0 Å². The van der Waals surface area contributed by atoms with Crippen molar-refractivity contribution in [2.45, 2.75) is 65.3 Å². The molecule has 3 N–H and O–H groups in total. The Morgan fingerprint density at radius 1 is 1.41 bits per heavy atom. The average molecular weight is 240 g/mol. The van der Waals surface area contributed by atoms with Gasteiger partial charge in [-0.25, -0.2) is 0 Å². The number of hydrogen-bond acceptors (Lipinski definition) is 2. The third kappa shape index (κ3) is 3.98. The molecule has 0 spiro atoms. The second kappa shape index (κ2) is 5.38. The normalized spacial score (nSPS) is 20.5. The lowest BCUT2D eigenvalue weighted by Crippen LogP contribution is -2.55. The van der Waals surface area contributed by atoms with E-state index >= 15 is 0 Å². The molecule has 1 aliphatic rings. The summed E-state index contributed by atoms with van der Waals surface area (Å²) in [6, 6.07) is 0. The van der Waals surface area contributed by atoms with E-state index < -0.39 is 0 Å². The molecule has 1 aliphatic carbocycles. The molecule has 0 bridgehead atoms. The first-order valence-electron chi connectivity index (χ1n) is 6.84. The molecular formula is C14H28N2O. The highest BCUT2D eigenvalue weighted by molar-refractivity contribution is 5.79. The van der Waals surface area contributed by atoms with Crippen molar-refractivity contribution in [3.8, 4) is 0 Å². The third-order valence-corrected chi connectivity index (χ3v) is 3.89. The van der Waals surface area contributed by atoms with Crippen LogP contribution in [0.15, 0.2) is 0 Å². The fraction of sp³-hybridized carbons (Fsp3) is 0.929. The standard InChI is InChI=1S/C14H28N2O/c1-5-14(7-6-8-14)16-12(17)11(10-15)9-13(2,3)4/h11H,5-10,15H2,1-4H3,(H,16,17). The molecule has 0 heterocycles. The highest BCUT2D eigenvalue weighted by atomic mass is 16.2. The maximum absolute atomic E-state index is 12.2. The number of carbonyl (C=O) groups is 1. The van der Waals surface area contributed by atoms with Gasteiger partial charge in [0.15, 0.2) is 0 Å². The van der Waals surface area contributed by atoms with Gasteiger partial charge in [-0.2, -0.15) is 0 Å². The number of hydrogen-bond donors (Lipinski definition) is 2. The molecule has 1 rings (SSSR count). The highest BCUT2D eigenvalue weighted by Crippen LogP contribution is 2.35. The van der Waals surface area contributed by atoms with E-state index in [1.54, 1.807) is 0 Å². The van der Waals surface area contributed by atoms with Crippen LogP contribution in [0.3, 0.4) is 0 Å². The Balaban J connectivity index is 2.54. The molecule has 1 unspecified atom stereocenters. The van der Waals surface area contributed by atoms with Crippen molar-refractivity contribution in [3.05, 3.63) is 0 Å². The minimum atomic E-state index is -0.0426. The van der Waals surface area contributed by atoms with Crippen molar-refractivity contribution in [2.24, 2.45) is 17.1 Å². The lowest BCUT2D eigenvalue weighted by atomic mass is 9.74. The molecule has 0 aromatic carbocycles. The minimum absolute atomic E-state index is 0.0426. The Bertz CT molecular complexity index is 258. The van der Waals surface area contributed by atoms with Gasteiger partial charge in [0.1, 0.15) is 0 Å². The summed E-state index contributed by atoms with van der Waals surface area (Å²) in [5.41, 5.74) is 5.98. The molecule has 100 valence electrons. The van der Waals surface area contributed by atoms with E-state index in [0.717, 1.165) is 25.7 Å². The third-order valence-electron chi connectivity index (χ3n) is 3.89. The van der Waals surface area contributed by atoms with Crippen LogP contribution in [0.4, 0.5) is 0 Å². The number of carbonyl (C=O) groups excluding carboxylic acids is 1. The molecule has 0 aromatic heterocycles. The van der Waals surface area contributed by atoms with Crippen LogP contribution < -0.4 is 11.1 Å². The maximum atomic E-state index is 12.2. The Labute approximate surface area is 106 Å². The van der Waals surface area contributed by atoms with Gasteiger partial charge >= 0.3 is 0 Å². The van der Waals surface area contributed by atoms with E-state index in [4.69, 9.17) is 5.73 Å². The van der Waals surface area contributed by atoms with Crippen LogP contribution in [-0.2, 0) is 4.79 Å². The Kier molecular flexibility index (Phi) is 4.59. The van der Waals surface area contributed by atoms with E-state index in [9.17, 15) is 4.79 Å². The largest absolute Gasteiger partial charge is 0.350 e. The zero-order chi connectivity index (χ0) is 13.1. The fourth-order valence-corrected chi connectivity index (χ4v) is 2.56. The van der Waals surface area contributed by atoms with Crippen LogP contribution in [0.1, 0.15) is 59.8 Å². The van der Waals surface area contributed by atoms with Crippen molar-refractivity contribution in [3.63, 3.8) is 0 Å². The van der Waals surface area contributed by atoms with Crippen LogP contribution in [0.5, 0.6) is 0 Å². The summed E-state index contributed by atoms with van der Waals surface area (Å²) in [4.78, 5) is 12.2. The zero-order valence-corrected chi connectivity index (χ0v) is 11.8. The predicted molar refractivity (Wildman–Crippen MR) is 71.6 cm³/mol. The zero-order valence-electron chi connectivity index (χ0n) is 11.8. The van der Waals surface area contributed by atoms with E-state index in [-0.39, 0.29) is 22.8 Å². The molecule has 17 heavy (non-hydrogen) atoms. The molecule has 0 radical (unpaired) electrons. The molecule has 0 saturated heterocycles. The summed E-state index contributed by atoms with van der Waals surface area (Å²) in [5.74, 6) is 0.114. The number of amides is 1. The summed E-state index contributed by atoms with van der Waals surface area (Å²) >= 11 is 0. The van der Waals surface area contributed by atoms with Crippen molar-refractivity contribution in [1.82, 2.24) is 5.32 Å². The first-order chi connectivity index (χ1) is 7.82. The van der Waals surface area contributed by atoms with Crippen LogP contribution in [0, 0.1) is 11.3 Å². The van der Waals surface area contributed by atoms with Crippen molar-refractivity contribution >= 4 is 5.91 Å². The smallest absolute Gasteiger partial charge is 0.224 e. The summed E-state index contributed by atoms with van der Waals surface area (Å²) in [5, 5.41) is 3.23. The quantitative estimate of drug-likeness (QED) is 0.775. The second-order valence-electron chi connectivity index (χ2n) is 6.67. The number of nitrogens with two attached hydrogens (primary N) is 1. The van der Waals surface area contributed by atoms with Gasteiger partial charge in [-0.15, -0.1) is 0 Å². The maximum Gasteiger partial charge on any atom is 0.224 e. The molecule has 1 saturated carbocycles. The summed E-state index contributed by atoms with van der Waals surface area (Å²) in [6.07, 6.45) is 5.38. The van der Waals surface area contributed by atoms with Gasteiger partial charge in [-0.3, -0.25) is 4.79 Å². The summed E-state index contributed by atoms with van der Waals surface area (Å²) in [6.45, 7) is 9.06. The van der Waals surface area contributed by atoms with Crippen LogP contribution in [0.2, 0.25) is 0 Å². The van der Waals surface area contributed by atoms with E-state index in [0.29, 0.717) is 6.54 Å². The number of rotatable bonds is 5. The molecule has 0 aliphatic heterocycles. The Morgan fingerprint density at radius 2 is 2.00 bits per heavy atom. The van der Waals surface area contributed by atoms with Crippen LogP contribution in [0.25, 0.3) is 0 Å². The second-order valence-corrected chi connectivity index (χ2v) is 6.67. The van der Waals surface area contributed by atoms with Gasteiger partial charge in [0.05, 0.1) is 5.92 Å². The van der Waals surface area contributed by atoms with Gasteiger partial charge in [0.25, 0.3) is 0 Å². The Hall–Kier alpha value is -0.570. The van der Waals surface area contributed by atoms with Gasteiger partial charge < -0.3 is 11.1 Å². The first kappa shape index (κ1) is 14.5. The predicted octanol–water partition coefficient (Wildman–Crippen LogP) is 2.45. The van der Waals surface area contributed by atoms with Gasteiger partial charge in [0, 0.05) is 12.1 Å². The highest BCUT2D eigenvalue weighted by Gasteiger charge is 2.38. The molecular weight excluding hydrogens is 212 g/mol. The average Bonchev–Trinajstić information content (AvgIpc) is 2.18. The lowest BCUT2D eigenvalue weighted by Gasteiger charge is -2.43. The van der Waals surface area contributed by atoms with Crippen molar-refractivity contribution < 1.29 is 4.79 Å². The summed E-state index contributed by atoms with van der Waals surface area (Å²) < 4.78 is 0. The van der Waals surface area contributed by atoms with Gasteiger partial charge in [-0.1, -0.05) is 27.7 Å². The monoisotopic (exact) mass is 240 g/mol. The van der Waals surface area contributed by atoms with Gasteiger partial charge in [-0.05, 0) is 37.5 Å². The van der Waals surface area contributed by atoms with E-state index in [1.165, 1.54) is 6.42 Å². The topological polar surface area (TPSA) is 55.1 Å². The minimum Gasteiger partial charge on any atom is -0.350 e. The molecule has 3 nitrogen and oxygen atoms in total. The molecule has 1 fully saturated rings. The van der Waals surface area contributed by atoms with Crippen LogP contribution in [-0.4, -0.2) is 18.0 Å². The SMILES string of the molecule is CCC1(NC(=O)C(CN)CC(C)(C)C)CCC1. The van der Waals surface area contributed by atoms with Gasteiger partial charge in [0.2, 0.25) is 5.91 Å². The Morgan fingerprint density at radius 3 is 2.29 bits per heavy atom. The number of nitrogens with one attached hydrogen (secondary N) is 1. The lowest BCUT2D eigenvalue weighted by molar-refractivity contribution is -0.128. The van der Waals surface area contributed by atoms with Crippen molar-refractivity contribution in [2.75, 3.05) is 6.54 Å². The molecule has 3 heteroatoms. The van der Waals surface area contributed by atoms with E-state index in [1.807, 2.05) is 0 Å².